The van der Waals surface area contributed by atoms with Gasteiger partial charge in [-0.15, -0.1) is 0 Å². The number of nitrogens with zero attached hydrogens (tertiary/aromatic N) is 2. The van der Waals surface area contributed by atoms with Gasteiger partial charge in [0.2, 0.25) is 0 Å². The van der Waals surface area contributed by atoms with Crippen molar-refractivity contribution in [2.75, 3.05) is 0 Å². The lowest BCUT2D eigenvalue weighted by atomic mass is 10.1. The Hall–Kier alpha value is -2.83. The highest BCUT2D eigenvalue weighted by Gasteiger charge is 2.29. The van der Waals surface area contributed by atoms with Gasteiger partial charge in [-0.1, -0.05) is 18.9 Å². The molecule has 1 aliphatic rings. The molecule has 1 heterocycles. The highest BCUT2D eigenvalue weighted by Crippen LogP contribution is 2.28. The van der Waals surface area contributed by atoms with Crippen LogP contribution in [0.3, 0.4) is 0 Å². The molecule has 1 aromatic heterocycles. The lowest BCUT2D eigenvalue weighted by Gasteiger charge is -2.29. The monoisotopic (exact) mass is 360 g/mol. The number of hydrogen-bond acceptors (Lipinski definition) is 3. The zero-order valence-electron chi connectivity index (χ0n) is 14.0. The van der Waals surface area contributed by atoms with Gasteiger partial charge in [0.1, 0.15) is 17.3 Å². The molecule has 1 saturated carbocycles. The van der Waals surface area contributed by atoms with Crippen LogP contribution in [0.5, 0.6) is 0 Å². The molecule has 1 aliphatic carbocycles. The second kappa shape index (κ2) is 7.59. The molecule has 0 bridgehead atoms. The summed E-state index contributed by atoms with van der Waals surface area (Å²) >= 11 is 0. The van der Waals surface area contributed by atoms with Crippen LogP contribution in [-0.4, -0.2) is 32.9 Å². The third-order valence-corrected chi connectivity index (χ3v) is 4.64. The summed E-state index contributed by atoms with van der Waals surface area (Å²) < 4.78 is 28.1. The highest BCUT2D eigenvalue weighted by atomic mass is 19.1. The Bertz CT molecular complexity index is 815. The van der Waals surface area contributed by atoms with Crippen LogP contribution in [-0.2, 0) is 6.54 Å². The van der Waals surface area contributed by atoms with Crippen LogP contribution in [0.15, 0.2) is 36.5 Å². The number of pyridine rings is 1. The van der Waals surface area contributed by atoms with Gasteiger partial charge < -0.3 is 10.0 Å². The van der Waals surface area contributed by atoms with E-state index < -0.39 is 23.5 Å². The number of amides is 1. The standard InChI is InChI=1S/C19H18F2N2O3/c20-15-6-3-7-16(21)14(15)11-23(13-4-1-2-5-13)18(24)12-8-9-22-17(10-12)19(25)26/h3,6-10,13H,1-2,4-5,11H2,(H,25,26). The molecule has 0 aliphatic heterocycles. The van der Waals surface area contributed by atoms with Crippen molar-refractivity contribution in [1.29, 1.82) is 0 Å². The Morgan fingerprint density at radius 2 is 1.81 bits per heavy atom. The molecule has 1 amide bonds. The number of carbonyl (C=O) groups is 2. The van der Waals surface area contributed by atoms with Crippen molar-refractivity contribution in [3.8, 4) is 0 Å². The van der Waals surface area contributed by atoms with Crippen molar-refractivity contribution in [3.63, 3.8) is 0 Å². The molecule has 1 aromatic carbocycles. The first kappa shape index (κ1) is 18.0. The fourth-order valence-electron chi connectivity index (χ4n) is 3.28. The van der Waals surface area contributed by atoms with E-state index in [9.17, 15) is 18.4 Å². The lowest BCUT2D eigenvalue weighted by molar-refractivity contribution is 0.0660. The molecular weight excluding hydrogens is 342 g/mol. The van der Waals surface area contributed by atoms with Crippen LogP contribution < -0.4 is 0 Å². The maximum atomic E-state index is 14.1. The van der Waals surface area contributed by atoms with Gasteiger partial charge in [-0.25, -0.2) is 18.6 Å². The number of carboxylic acid groups (broad SMARTS) is 1. The summed E-state index contributed by atoms with van der Waals surface area (Å²) in [5, 5.41) is 9.06. The number of carboxylic acids is 1. The lowest BCUT2D eigenvalue weighted by Crippen LogP contribution is -2.39. The normalized spacial score (nSPS) is 14.4. The van der Waals surface area contributed by atoms with Crippen molar-refractivity contribution in [1.82, 2.24) is 9.88 Å². The Balaban J connectivity index is 1.95. The predicted molar refractivity (Wildman–Crippen MR) is 89.7 cm³/mol. The number of aromatic nitrogens is 1. The van der Waals surface area contributed by atoms with Crippen molar-refractivity contribution in [3.05, 3.63) is 65.0 Å². The molecule has 1 fully saturated rings. The smallest absolute Gasteiger partial charge is 0.354 e. The first-order valence-corrected chi connectivity index (χ1v) is 8.40. The fourth-order valence-corrected chi connectivity index (χ4v) is 3.28. The molecule has 0 radical (unpaired) electrons. The van der Waals surface area contributed by atoms with E-state index in [1.165, 1.54) is 29.3 Å². The molecule has 2 aromatic rings. The average molecular weight is 360 g/mol. The summed E-state index contributed by atoms with van der Waals surface area (Å²) in [6, 6.07) is 6.05. The third-order valence-electron chi connectivity index (χ3n) is 4.64. The van der Waals surface area contributed by atoms with E-state index in [1.54, 1.807) is 0 Å². The maximum absolute atomic E-state index is 14.1. The number of halogens is 2. The van der Waals surface area contributed by atoms with Crippen LogP contribution in [0, 0.1) is 11.6 Å². The van der Waals surface area contributed by atoms with Gasteiger partial charge in [0.15, 0.2) is 0 Å². The van der Waals surface area contributed by atoms with Crippen LogP contribution in [0.1, 0.15) is 52.1 Å². The molecule has 7 heteroatoms. The predicted octanol–water partition coefficient (Wildman–Crippen LogP) is 3.64. The topological polar surface area (TPSA) is 70.5 Å². The number of rotatable bonds is 5. The van der Waals surface area contributed by atoms with Crippen LogP contribution in [0.2, 0.25) is 0 Å². The molecular formula is C19H18F2N2O3. The third kappa shape index (κ3) is 3.71. The molecule has 0 atom stereocenters. The van der Waals surface area contributed by atoms with Crippen LogP contribution >= 0.6 is 0 Å². The number of hydrogen-bond donors (Lipinski definition) is 1. The number of aromatic carboxylic acids is 1. The Morgan fingerprint density at radius 3 is 2.42 bits per heavy atom. The van der Waals surface area contributed by atoms with E-state index >= 15 is 0 Å². The summed E-state index contributed by atoms with van der Waals surface area (Å²) in [6.45, 7) is -0.202. The Morgan fingerprint density at radius 1 is 1.15 bits per heavy atom. The van der Waals surface area contributed by atoms with E-state index in [-0.39, 0.29) is 29.4 Å². The summed E-state index contributed by atoms with van der Waals surface area (Å²) in [5.74, 6) is -3.11. The van der Waals surface area contributed by atoms with E-state index in [2.05, 4.69) is 4.98 Å². The zero-order valence-corrected chi connectivity index (χ0v) is 14.0. The van der Waals surface area contributed by atoms with Crippen LogP contribution in [0.25, 0.3) is 0 Å². The second-order valence-corrected chi connectivity index (χ2v) is 6.31. The van der Waals surface area contributed by atoms with Gasteiger partial charge in [-0.2, -0.15) is 0 Å². The Kier molecular flexibility index (Phi) is 5.25. The van der Waals surface area contributed by atoms with Gasteiger partial charge in [0.05, 0.1) is 6.54 Å². The highest BCUT2D eigenvalue weighted by molar-refractivity contribution is 5.96. The van der Waals surface area contributed by atoms with Crippen molar-refractivity contribution in [2.45, 2.75) is 38.3 Å². The van der Waals surface area contributed by atoms with Gasteiger partial charge in [0, 0.05) is 23.4 Å². The van der Waals surface area contributed by atoms with E-state index in [4.69, 9.17) is 5.11 Å². The molecule has 0 saturated heterocycles. The van der Waals surface area contributed by atoms with Gasteiger partial charge in [-0.05, 0) is 37.1 Å². The van der Waals surface area contributed by atoms with Crippen LogP contribution in [0.4, 0.5) is 8.78 Å². The first-order valence-electron chi connectivity index (χ1n) is 8.40. The molecule has 1 N–H and O–H groups in total. The minimum atomic E-state index is -1.24. The quantitative estimate of drug-likeness (QED) is 0.884. The fraction of sp³-hybridized carbons (Fsp3) is 0.316. The first-order chi connectivity index (χ1) is 12.5. The van der Waals surface area contributed by atoms with E-state index in [0.29, 0.717) is 0 Å². The molecule has 0 spiro atoms. The minimum Gasteiger partial charge on any atom is -0.477 e. The molecule has 3 rings (SSSR count). The summed E-state index contributed by atoms with van der Waals surface area (Å²) in [6.07, 6.45) is 4.61. The van der Waals surface area contributed by atoms with Crippen molar-refractivity contribution < 1.29 is 23.5 Å². The van der Waals surface area contributed by atoms with Crippen molar-refractivity contribution >= 4 is 11.9 Å². The minimum absolute atomic E-state index is 0.136. The summed E-state index contributed by atoms with van der Waals surface area (Å²) in [7, 11) is 0. The summed E-state index contributed by atoms with van der Waals surface area (Å²) in [4.78, 5) is 29.2. The number of carbonyl (C=O) groups excluding carboxylic acids is 1. The van der Waals surface area contributed by atoms with E-state index in [1.807, 2.05) is 0 Å². The molecule has 136 valence electrons. The van der Waals surface area contributed by atoms with Gasteiger partial charge in [0.25, 0.3) is 5.91 Å². The average Bonchev–Trinajstić information content (AvgIpc) is 3.15. The number of benzene rings is 1. The Labute approximate surface area is 149 Å². The largest absolute Gasteiger partial charge is 0.477 e. The zero-order chi connectivity index (χ0) is 18.7. The van der Waals surface area contributed by atoms with Crippen molar-refractivity contribution in [2.24, 2.45) is 0 Å². The van der Waals surface area contributed by atoms with Gasteiger partial charge >= 0.3 is 5.97 Å². The molecule has 0 unspecified atom stereocenters. The maximum Gasteiger partial charge on any atom is 0.354 e. The molecule has 26 heavy (non-hydrogen) atoms. The SMILES string of the molecule is O=C(O)c1cc(C(=O)N(Cc2c(F)cccc2F)C2CCCC2)ccn1. The van der Waals surface area contributed by atoms with E-state index in [0.717, 1.165) is 37.8 Å². The molecule has 5 nitrogen and oxygen atoms in total. The van der Waals surface area contributed by atoms with Gasteiger partial charge in [-0.3, -0.25) is 4.79 Å². The second-order valence-electron chi connectivity index (χ2n) is 6.31. The summed E-state index contributed by atoms with van der Waals surface area (Å²) in [5.41, 5.74) is -0.277.